The average Bonchev–Trinajstić information content (AvgIpc) is 3.54. The van der Waals surface area contributed by atoms with E-state index in [0.29, 0.717) is 24.5 Å². The Hall–Kier alpha value is -4.02. The van der Waals surface area contributed by atoms with Gasteiger partial charge in [-0.25, -0.2) is 0 Å². The van der Waals surface area contributed by atoms with Crippen LogP contribution in [0, 0.1) is 10.1 Å². The lowest BCUT2D eigenvalue weighted by Crippen LogP contribution is -2.56. The Morgan fingerprint density at radius 1 is 0.830 bits per heavy atom. The number of nitro benzene ring substituents is 1. The highest BCUT2D eigenvalue weighted by Gasteiger charge is 2.60. The number of azo groups is 1. The number of rotatable bonds is 13. The van der Waals surface area contributed by atoms with Crippen molar-refractivity contribution >= 4 is 34.7 Å². The summed E-state index contributed by atoms with van der Waals surface area (Å²) in [7, 11) is 0. The van der Waals surface area contributed by atoms with Crippen molar-refractivity contribution in [3.8, 4) is 0 Å². The van der Waals surface area contributed by atoms with E-state index in [1.54, 1.807) is 39.8 Å². The summed E-state index contributed by atoms with van der Waals surface area (Å²) < 4.78 is 40.8. The van der Waals surface area contributed by atoms with Gasteiger partial charge >= 0.3 is 11.9 Å². The number of fused-ring (bicyclic) bond motifs is 3. The summed E-state index contributed by atoms with van der Waals surface area (Å²) in [6.45, 7) is 10.3. The molecule has 0 bridgehead atoms. The second-order valence-electron chi connectivity index (χ2n) is 12.2. The molecule has 3 heterocycles. The smallest absolute Gasteiger partial charge is 0.306 e. The van der Waals surface area contributed by atoms with Crippen LogP contribution < -0.4 is 4.90 Å². The predicted octanol–water partition coefficient (Wildman–Crippen LogP) is 5.10. The van der Waals surface area contributed by atoms with Crippen molar-refractivity contribution < 1.29 is 47.7 Å². The Labute approximate surface area is 272 Å². The van der Waals surface area contributed by atoms with Crippen molar-refractivity contribution in [3.63, 3.8) is 0 Å². The number of nitro groups is 1. The van der Waals surface area contributed by atoms with E-state index in [9.17, 15) is 19.7 Å². The van der Waals surface area contributed by atoms with Crippen LogP contribution in [0.2, 0.25) is 0 Å². The van der Waals surface area contributed by atoms with Crippen LogP contribution in [0.4, 0.5) is 22.7 Å². The van der Waals surface area contributed by atoms with Gasteiger partial charge in [0, 0.05) is 24.4 Å². The predicted molar refractivity (Wildman–Crippen MR) is 165 cm³/mol. The molecule has 2 aromatic carbocycles. The minimum Gasteiger partial charge on any atom is -0.464 e. The number of nitrogens with zero attached hydrogens (tertiary/aromatic N) is 4. The fourth-order valence-electron chi connectivity index (χ4n) is 5.58. The normalized spacial score (nSPS) is 25.6. The first-order valence-electron chi connectivity index (χ1n) is 15.5. The van der Waals surface area contributed by atoms with E-state index in [0.717, 1.165) is 5.69 Å². The molecule has 254 valence electrons. The molecule has 3 saturated heterocycles. The van der Waals surface area contributed by atoms with Gasteiger partial charge in [-0.1, -0.05) is 0 Å². The largest absolute Gasteiger partial charge is 0.464 e. The van der Waals surface area contributed by atoms with Crippen LogP contribution in [-0.2, 0) is 42.7 Å². The molecule has 0 N–H and O–H groups in total. The fraction of sp³-hybridized carbons (Fsp3) is 0.562. The summed E-state index contributed by atoms with van der Waals surface area (Å²) in [6, 6.07) is 13.1. The van der Waals surface area contributed by atoms with Crippen LogP contribution in [0.25, 0.3) is 0 Å². The first-order chi connectivity index (χ1) is 22.3. The van der Waals surface area contributed by atoms with Crippen LogP contribution in [0.3, 0.4) is 0 Å². The van der Waals surface area contributed by atoms with Crippen molar-refractivity contribution in [2.45, 2.75) is 89.7 Å². The van der Waals surface area contributed by atoms with Gasteiger partial charge in [0.05, 0.1) is 35.7 Å². The van der Waals surface area contributed by atoms with Crippen LogP contribution in [0.5, 0.6) is 0 Å². The molecule has 0 aromatic heterocycles. The van der Waals surface area contributed by atoms with E-state index in [-0.39, 0.29) is 31.7 Å². The molecule has 0 unspecified atom stereocenters. The molecule has 0 radical (unpaired) electrons. The average molecular weight is 657 g/mol. The third kappa shape index (κ3) is 8.87. The van der Waals surface area contributed by atoms with E-state index in [1.807, 2.05) is 24.0 Å². The number of esters is 2. The Morgan fingerprint density at radius 3 is 2.00 bits per heavy atom. The molecular formula is C32H40N4O11. The van der Waals surface area contributed by atoms with Crippen molar-refractivity contribution in [1.82, 2.24) is 0 Å². The first-order valence-corrected chi connectivity index (χ1v) is 15.5. The van der Waals surface area contributed by atoms with Crippen molar-refractivity contribution in [2.75, 3.05) is 31.2 Å². The molecule has 15 heteroatoms. The molecule has 5 rings (SSSR count). The Balaban J connectivity index is 1.02. The van der Waals surface area contributed by atoms with E-state index in [2.05, 4.69) is 10.2 Å². The van der Waals surface area contributed by atoms with Crippen molar-refractivity contribution in [2.24, 2.45) is 10.2 Å². The van der Waals surface area contributed by atoms with Crippen LogP contribution in [-0.4, -0.2) is 85.4 Å². The molecule has 0 spiro atoms. The minimum atomic E-state index is -0.864. The highest BCUT2D eigenvalue weighted by atomic mass is 16.9. The molecule has 0 saturated carbocycles. The number of carbonyl (C=O) groups is 2. The number of likely N-dealkylation sites (N-methyl/N-ethyl adjacent to an activating group) is 1. The zero-order chi connectivity index (χ0) is 33.8. The maximum absolute atomic E-state index is 12.5. The van der Waals surface area contributed by atoms with E-state index in [1.165, 1.54) is 24.3 Å². The quantitative estimate of drug-likeness (QED) is 0.121. The third-order valence-corrected chi connectivity index (χ3v) is 7.75. The number of anilines is 1. The molecular weight excluding hydrogens is 616 g/mol. The lowest BCUT2D eigenvalue weighted by molar-refractivity contribution is -0.384. The summed E-state index contributed by atoms with van der Waals surface area (Å²) in [4.78, 5) is 37.2. The number of hydrogen-bond acceptors (Lipinski definition) is 14. The number of carbonyl (C=O) groups excluding carboxylic acids is 2. The highest BCUT2D eigenvalue weighted by Crippen LogP contribution is 2.44. The molecule has 3 aliphatic heterocycles. The number of benzene rings is 2. The molecule has 0 aliphatic carbocycles. The molecule has 47 heavy (non-hydrogen) atoms. The van der Waals surface area contributed by atoms with Gasteiger partial charge < -0.3 is 38.1 Å². The maximum Gasteiger partial charge on any atom is 0.306 e. The van der Waals surface area contributed by atoms with E-state index < -0.39 is 59.1 Å². The van der Waals surface area contributed by atoms with Gasteiger partial charge in [0.1, 0.15) is 37.6 Å². The number of non-ortho nitro benzene ring substituents is 1. The molecule has 5 atom stereocenters. The third-order valence-electron chi connectivity index (χ3n) is 7.75. The monoisotopic (exact) mass is 656 g/mol. The van der Waals surface area contributed by atoms with Gasteiger partial charge in [0.25, 0.3) is 5.69 Å². The van der Waals surface area contributed by atoms with Crippen molar-refractivity contribution in [1.29, 1.82) is 0 Å². The fourth-order valence-corrected chi connectivity index (χ4v) is 5.58. The number of hydrogen-bond donors (Lipinski definition) is 0. The van der Waals surface area contributed by atoms with Crippen molar-refractivity contribution in [3.05, 3.63) is 58.6 Å². The Morgan fingerprint density at radius 2 is 1.38 bits per heavy atom. The van der Waals surface area contributed by atoms with Crippen LogP contribution in [0.1, 0.15) is 47.5 Å². The first kappa shape index (κ1) is 34.3. The van der Waals surface area contributed by atoms with Gasteiger partial charge in [0.2, 0.25) is 0 Å². The van der Waals surface area contributed by atoms with Gasteiger partial charge in [-0.2, -0.15) is 10.2 Å². The maximum atomic E-state index is 12.5. The second-order valence-corrected chi connectivity index (χ2v) is 12.2. The Bertz CT molecular complexity index is 1450. The van der Waals surface area contributed by atoms with Crippen LogP contribution in [0.15, 0.2) is 58.8 Å². The van der Waals surface area contributed by atoms with Gasteiger partial charge in [0.15, 0.2) is 17.9 Å². The zero-order valence-electron chi connectivity index (χ0n) is 27.0. The van der Waals surface area contributed by atoms with Gasteiger partial charge in [-0.05, 0) is 71.0 Å². The summed E-state index contributed by atoms with van der Waals surface area (Å²) in [5.74, 6) is -2.79. The SMILES string of the molecule is CCN(CCOC(=O)CCC(=O)OC[C@H]1O[C@@H]2OC(C)(C)O[C@@H]2[C@H]2OC(C)(C)O[C@H]21)c1ccc(N=Nc2ccc([N+](=O)[O-])cc2)cc1. The molecule has 3 aliphatic rings. The molecule has 0 amide bonds. The standard InChI is InChI=1S/C32H40N4O11/c1-6-35(22-11-7-20(8-12-22)33-34-21-9-13-23(14-10-21)36(39)40)17-18-41-25(37)15-16-26(38)42-19-24-27-28(45-31(2,3)44-27)29-30(43-24)47-32(4,5)46-29/h7-14,24,27-30H,6,15-19H2,1-5H3/t24-,27+,28+,29-,30-/m1/s1. The number of ether oxygens (including phenoxy) is 7. The summed E-state index contributed by atoms with van der Waals surface area (Å²) in [5.41, 5.74) is 1.99. The lowest BCUT2D eigenvalue weighted by Gasteiger charge is -2.36. The summed E-state index contributed by atoms with van der Waals surface area (Å²) >= 11 is 0. The molecule has 2 aromatic rings. The summed E-state index contributed by atoms with van der Waals surface area (Å²) in [5, 5.41) is 19.1. The van der Waals surface area contributed by atoms with Crippen LogP contribution >= 0.6 is 0 Å². The van der Waals surface area contributed by atoms with E-state index in [4.69, 9.17) is 33.2 Å². The second kappa shape index (κ2) is 14.4. The molecule has 3 fully saturated rings. The molecule has 15 nitrogen and oxygen atoms in total. The van der Waals surface area contributed by atoms with Gasteiger partial charge in [-0.3, -0.25) is 19.7 Å². The summed E-state index contributed by atoms with van der Waals surface area (Å²) in [6.07, 6.45) is -3.05. The van der Waals surface area contributed by atoms with Gasteiger partial charge in [-0.15, -0.1) is 0 Å². The topological polar surface area (TPSA) is 170 Å². The minimum absolute atomic E-state index is 0.0154. The van der Waals surface area contributed by atoms with E-state index >= 15 is 0 Å². The Kier molecular flexibility index (Phi) is 10.5. The lowest BCUT2D eigenvalue weighted by atomic mass is 9.99. The zero-order valence-corrected chi connectivity index (χ0v) is 27.0. The highest BCUT2D eigenvalue weighted by molar-refractivity contribution is 5.77.